The molecule has 0 bridgehead atoms. The minimum absolute atomic E-state index is 0. The Balaban J connectivity index is -0.0000000720. The number of hydrogen-bond donors (Lipinski definition) is 4. The van der Waals surface area contributed by atoms with E-state index in [4.69, 9.17) is 20.4 Å². The standard InChI is InChI=1S/2C2H5O2.Co/c2*1-2(3)4;/h2*3-4H,1H3;/q2*-1;+2. The molecule has 0 aliphatic rings. The topological polar surface area (TPSA) is 80.9 Å². The van der Waals surface area contributed by atoms with E-state index in [1.54, 1.807) is 0 Å². The van der Waals surface area contributed by atoms with Crippen LogP contribution < -0.4 is 0 Å². The van der Waals surface area contributed by atoms with E-state index in [0.717, 1.165) is 0 Å². The Kier molecular flexibility index (Phi) is 20.1. The fraction of sp³-hybridized carbons (Fsp3) is 0.500. The van der Waals surface area contributed by atoms with E-state index >= 15 is 0 Å². The molecule has 0 aromatic rings. The zero-order valence-corrected chi connectivity index (χ0v) is 6.16. The van der Waals surface area contributed by atoms with E-state index in [1.807, 2.05) is 0 Å². The van der Waals surface area contributed by atoms with Crippen LogP contribution in [0.2, 0.25) is 0 Å². The fourth-order valence-corrected chi connectivity index (χ4v) is 0. The maximum Gasteiger partial charge on any atom is 2.00 e. The predicted octanol–water partition coefficient (Wildman–Crippen LogP) is 0.479. The van der Waals surface area contributed by atoms with Gasteiger partial charge >= 0.3 is 16.8 Å². The van der Waals surface area contributed by atoms with Crippen molar-refractivity contribution in [1.29, 1.82) is 0 Å². The summed E-state index contributed by atoms with van der Waals surface area (Å²) < 4.78 is 0. The quantitative estimate of drug-likeness (QED) is 0.409. The van der Waals surface area contributed by atoms with Crippen molar-refractivity contribution in [1.82, 2.24) is 0 Å². The smallest absolute Gasteiger partial charge is 0.536 e. The summed E-state index contributed by atoms with van der Waals surface area (Å²) in [6, 6.07) is 0. The zero-order chi connectivity index (χ0) is 7.15. The Labute approximate surface area is 64.3 Å². The van der Waals surface area contributed by atoms with Crippen LogP contribution in [0.25, 0.3) is 0 Å². The SMILES string of the molecule is C[C-](O)O.C[C-](O)O.[Co+2]. The monoisotopic (exact) mass is 181 g/mol. The Bertz CT molecular complexity index is 28.0. The van der Waals surface area contributed by atoms with Gasteiger partial charge in [0.1, 0.15) is 0 Å². The second-order valence-corrected chi connectivity index (χ2v) is 1.09. The minimum Gasteiger partial charge on any atom is -0.536 e. The molecule has 0 fully saturated rings. The summed E-state index contributed by atoms with van der Waals surface area (Å²) in [5, 5.41) is 30.1. The molecule has 5 heteroatoms. The summed E-state index contributed by atoms with van der Waals surface area (Å²) in [4.78, 5) is 0. The molecule has 0 atom stereocenters. The van der Waals surface area contributed by atoms with Crippen LogP contribution in [0.15, 0.2) is 0 Å². The van der Waals surface area contributed by atoms with Gasteiger partial charge in [-0.2, -0.15) is 0 Å². The first kappa shape index (κ1) is 16.2. The molecule has 1 radical (unpaired) electrons. The molecule has 0 rings (SSSR count). The maximum atomic E-state index is 7.53. The molecule has 0 saturated carbocycles. The Morgan fingerprint density at radius 1 is 0.778 bits per heavy atom. The molecule has 0 amide bonds. The molecule has 0 heterocycles. The van der Waals surface area contributed by atoms with Crippen LogP contribution in [-0.4, -0.2) is 20.4 Å². The maximum absolute atomic E-state index is 7.53. The Morgan fingerprint density at radius 2 is 0.778 bits per heavy atom. The summed E-state index contributed by atoms with van der Waals surface area (Å²) in [6.07, 6.45) is -1.17. The molecule has 0 spiro atoms. The van der Waals surface area contributed by atoms with Crippen LogP contribution in [0, 0.1) is 12.6 Å². The third-order valence-corrected chi connectivity index (χ3v) is 0. The first-order chi connectivity index (χ1) is 3.46. The van der Waals surface area contributed by atoms with Crippen molar-refractivity contribution in [3.63, 3.8) is 0 Å². The molecule has 0 unspecified atom stereocenters. The summed E-state index contributed by atoms with van der Waals surface area (Å²) >= 11 is 0. The molecule has 4 nitrogen and oxygen atoms in total. The van der Waals surface area contributed by atoms with Crippen molar-refractivity contribution < 1.29 is 37.2 Å². The van der Waals surface area contributed by atoms with Gasteiger partial charge in [-0.15, -0.1) is 13.8 Å². The molecule has 9 heavy (non-hydrogen) atoms. The van der Waals surface area contributed by atoms with Gasteiger partial charge in [-0.3, -0.25) is 0 Å². The predicted molar refractivity (Wildman–Crippen MR) is 25.6 cm³/mol. The molecular weight excluding hydrogens is 171 g/mol. The van der Waals surface area contributed by atoms with Gasteiger partial charge in [0.25, 0.3) is 0 Å². The molecule has 0 aromatic carbocycles. The molecular formula is C4H10CoO4. The van der Waals surface area contributed by atoms with E-state index in [0.29, 0.717) is 0 Å². The normalized spacial score (nSPS) is 8.00. The first-order valence-electron chi connectivity index (χ1n) is 1.89. The van der Waals surface area contributed by atoms with E-state index in [2.05, 4.69) is 0 Å². The number of rotatable bonds is 0. The van der Waals surface area contributed by atoms with Crippen molar-refractivity contribution in [2.24, 2.45) is 0 Å². The number of aliphatic hydroxyl groups is 4. The fourth-order valence-electron chi connectivity index (χ4n) is 0. The van der Waals surface area contributed by atoms with Crippen LogP contribution in [0.1, 0.15) is 13.8 Å². The van der Waals surface area contributed by atoms with Crippen molar-refractivity contribution in [3.8, 4) is 0 Å². The molecule has 0 saturated heterocycles. The Morgan fingerprint density at radius 3 is 0.778 bits per heavy atom. The van der Waals surface area contributed by atoms with E-state index in [9.17, 15) is 0 Å². The van der Waals surface area contributed by atoms with Gasteiger partial charge in [0, 0.05) is 0 Å². The van der Waals surface area contributed by atoms with E-state index in [1.165, 1.54) is 13.8 Å². The van der Waals surface area contributed by atoms with Crippen molar-refractivity contribution >= 4 is 0 Å². The van der Waals surface area contributed by atoms with Crippen LogP contribution in [0.5, 0.6) is 0 Å². The summed E-state index contributed by atoms with van der Waals surface area (Å²) in [5.74, 6) is 0. The van der Waals surface area contributed by atoms with Gasteiger partial charge in [0.2, 0.25) is 0 Å². The molecule has 0 aliphatic carbocycles. The van der Waals surface area contributed by atoms with Crippen molar-refractivity contribution in [2.45, 2.75) is 13.8 Å². The van der Waals surface area contributed by atoms with Crippen LogP contribution in [-0.2, 0) is 16.8 Å². The van der Waals surface area contributed by atoms with Gasteiger partial charge in [-0.25, -0.2) is 0 Å². The Hall–Kier alpha value is 0.346. The number of hydrogen-bond acceptors (Lipinski definition) is 4. The molecule has 0 aliphatic heterocycles. The third kappa shape index (κ3) is 2800. The second kappa shape index (κ2) is 11.2. The largest absolute Gasteiger partial charge is 2.00 e. The molecule has 4 N–H and O–H groups in total. The molecule has 0 aromatic heterocycles. The summed E-state index contributed by atoms with van der Waals surface area (Å²) in [7, 11) is 0. The van der Waals surface area contributed by atoms with Gasteiger partial charge < -0.3 is 20.4 Å². The average Bonchev–Trinajstić information content (AvgIpc) is 1.25. The second-order valence-electron chi connectivity index (χ2n) is 1.09. The van der Waals surface area contributed by atoms with Crippen LogP contribution in [0.4, 0.5) is 0 Å². The third-order valence-electron chi connectivity index (χ3n) is 0. The summed E-state index contributed by atoms with van der Waals surface area (Å²) in [5.41, 5.74) is 0. The molecule has 59 valence electrons. The van der Waals surface area contributed by atoms with Crippen molar-refractivity contribution in [2.75, 3.05) is 0 Å². The van der Waals surface area contributed by atoms with Crippen LogP contribution in [0.3, 0.4) is 0 Å². The van der Waals surface area contributed by atoms with Gasteiger partial charge in [-0.1, -0.05) is 12.6 Å². The van der Waals surface area contributed by atoms with Gasteiger partial charge in [0.05, 0.1) is 0 Å². The van der Waals surface area contributed by atoms with Gasteiger partial charge in [-0.05, 0) is 0 Å². The minimum atomic E-state index is -0.583. The average molecular weight is 181 g/mol. The zero-order valence-electron chi connectivity index (χ0n) is 5.12. The first-order valence-corrected chi connectivity index (χ1v) is 1.89. The summed E-state index contributed by atoms with van der Waals surface area (Å²) in [6.45, 7) is 2.39. The van der Waals surface area contributed by atoms with E-state index < -0.39 is 12.6 Å². The van der Waals surface area contributed by atoms with Crippen molar-refractivity contribution in [3.05, 3.63) is 12.6 Å². The van der Waals surface area contributed by atoms with Gasteiger partial charge in [0.15, 0.2) is 0 Å². The number of aliphatic hydroxyl groups excluding tert-OH is 2. The van der Waals surface area contributed by atoms with E-state index in [-0.39, 0.29) is 16.8 Å². The van der Waals surface area contributed by atoms with Crippen LogP contribution >= 0.6 is 0 Å².